The zero-order chi connectivity index (χ0) is 15.0. The van der Waals surface area contributed by atoms with Crippen molar-refractivity contribution < 1.29 is 18.7 Å². The quantitative estimate of drug-likeness (QED) is 0.784. The van der Waals surface area contributed by atoms with Crippen molar-refractivity contribution in [3.05, 3.63) is 70.1 Å². The Kier molecular flexibility index (Phi) is 3.02. The average molecular weight is 284 g/mol. The maximum absolute atomic E-state index is 13.2. The molecular weight excluding hydrogens is 275 g/mol. The van der Waals surface area contributed by atoms with E-state index in [9.17, 15) is 14.0 Å². The Morgan fingerprint density at radius 2 is 1.90 bits per heavy atom. The second-order valence-electron chi connectivity index (χ2n) is 4.50. The van der Waals surface area contributed by atoms with Gasteiger partial charge >= 0.3 is 5.97 Å². The van der Waals surface area contributed by atoms with Gasteiger partial charge < -0.3 is 9.52 Å². The second kappa shape index (κ2) is 4.86. The highest BCUT2D eigenvalue weighted by molar-refractivity contribution is 5.93. The van der Waals surface area contributed by atoms with Crippen molar-refractivity contribution in [2.45, 2.75) is 0 Å². The van der Waals surface area contributed by atoms with Crippen LogP contribution in [0.25, 0.3) is 22.3 Å². The molecule has 104 valence electrons. The van der Waals surface area contributed by atoms with Crippen molar-refractivity contribution in [3.8, 4) is 11.3 Å². The van der Waals surface area contributed by atoms with E-state index >= 15 is 0 Å². The molecular formula is C16H9FO4. The number of hydrogen-bond acceptors (Lipinski definition) is 3. The van der Waals surface area contributed by atoms with Gasteiger partial charge in [0.1, 0.15) is 17.2 Å². The summed E-state index contributed by atoms with van der Waals surface area (Å²) < 4.78 is 18.8. The third-order valence-electron chi connectivity index (χ3n) is 3.08. The summed E-state index contributed by atoms with van der Waals surface area (Å²) in [7, 11) is 0. The molecule has 0 fully saturated rings. The molecule has 0 aliphatic heterocycles. The van der Waals surface area contributed by atoms with Crippen molar-refractivity contribution >= 4 is 16.9 Å². The zero-order valence-electron chi connectivity index (χ0n) is 10.7. The summed E-state index contributed by atoms with van der Waals surface area (Å²) in [4.78, 5) is 23.0. The molecule has 1 heterocycles. The first-order valence-electron chi connectivity index (χ1n) is 6.12. The molecule has 0 saturated carbocycles. The van der Waals surface area contributed by atoms with Gasteiger partial charge in [-0.25, -0.2) is 9.18 Å². The minimum Gasteiger partial charge on any atom is -0.478 e. The third kappa shape index (κ3) is 2.41. The van der Waals surface area contributed by atoms with Gasteiger partial charge in [-0.15, -0.1) is 0 Å². The Morgan fingerprint density at radius 3 is 2.62 bits per heavy atom. The highest BCUT2D eigenvalue weighted by Gasteiger charge is 2.10. The molecule has 0 atom stereocenters. The van der Waals surface area contributed by atoms with Gasteiger partial charge in [-0.05, 0) is 30.3 Å². The van der Waals surface area contributed by atoms with Gasteiger partial charge in [0.25, 0.3) is 0 Å². The van der Waals surface area contributed by atoms with Crippen LogP contribution >= 0.6 is 0 Å². The fourth-order valence-electron chi connectivity index (χ4n) is 2.07. The lowest BCUT2D eigenvalue weighted by molar-refractivity contribution is 0.0697. The van der Waals surface area contributed by atoms with Crippen LogP contribution in [0.1, 0.15) is 10.4 Å². The van der Waals surface area contributed by atoms with E-state index in [0.29, 0.717) is 5.56 Å². The largest absolute Gasteiger partial charge is 0.478 e. The highest BCUT2D eigenvalue weighted by Crippen LogP contribution is 2.23. The van der Waals surface area contributed by atoms with Gasteiger partial charge in [-0.2, -0.15) is 0 Å². The molecule has 2 aromatic carbocycles. The van der Waals surface area contributed by atoms with E-state index < -0.39 is 11.8 Å². The van der Waals surface area contributed by atoms with Gasteiger partial charge in [0.15, 0.2) is 5.43 Å². The maximum Gasteiger partial charge on any atom is 0.335 e. The highest BCUT2D eigenvalue weighted by atomic mass is 19.1. The van der Waals surface area contributed by atoms with Crippen LogP contribution in [0.3, 0.4) is 0 Å². The predicted octanol–water partition coefficient (Wildman–Crippen LogP) is 3.30. The number of rotatable bonds is 2. The average Bonchev–Trinajstić information content (AvgIpc) is 2.46. The zero-order valence-corrected chi connectivity index (χ0v) is 10.7. The Balaban J connectivity index is 2.23. The first-order valence-corrected chi connectivity index (χ1v) is 6.12. The number of carbonyl (C=O) groups is 1. The lowest BCUT2D eigenvalue weighted by atomic mass is 10.1. The molecule has 4 nitrogen and oxygen atoms in total. The Morgan fingerprint density at radius 1 is 1.10 bits per heavy atom. The van der Waals surface area contributed by atoms with Gasteiger partial charge in [-0.3, -0.25) is 4.79 Å². The summed E-state index contributed by atoms with van der Waals surface area (Å²) >= 11 is 0. The number of halogens is 1. The Labute approximate surface area is 118 Å². The lowest BCUT2D eigenvalue weighted by Gasteiger charge is -2.04. The molecule has 0 bridgehead atoms. The molecule has 21 heavy (non-hydrogen) atoms. The van der Waals surface area contributed by atoms with Crippen LogP contribution in [0, 0.1) is 5.82 Å². The van der Waals surface area contributed by atoms with Gasteiger partial charge in [0.2, 0.25) is 0 Å². The molecule has 3 rings (SSSR count). The number of benzene rings is 2. The van der Waals surface area contributed by atoms with Crippen LogP contribution in [0.15, 0.2) is 57.7 Å². The molecule has 0 spiro atoms. The van der Waals surface area contributed by atoms with Crippen molar-refractivity contribution in [2.75, 3.05) is 0 Å². The lowest BCUT2D eigenvalue weighted by Crippen LogP contribution is -2.03. The van der Waals surface area contributed by atoms with Crippen molar-refractivity contribution in [1.29, 1.82) is 0 Å². The summed E-state index contributed by atoms with van der Waals surface area (Å²) in [6, 6.07) is 11.0. The van der Waals surface area contributed by atoms with Crippen LogP contribution in [0.2, 0.25) is 0 Å². The number of carboxylic acids is 1. The summed E-state index contributed by atoms with van der Waals surface area (Å²) in [5.41, 5.74) is 0.329. The van der Waals surface area contributed by atoms with Crippen molar-refractivity contribution in [1.82, 2.24) is 0 Å². The first-order chi connectivity index (χ1) is 10.0. The summed E-state index contributed by atoms with van der Waals surface area (Å²) in [5, 5.41) is 9.10. The topological polar surface area (TPSA) is 67.5 Å². The number of hydrogen-bond donors (Lipinski definition) is 1. The van der Waals surface area contributed by atoms with E-state index in [-0.39, 0.29) is 27.7 Å². The monoisotopic (exact) mass is 284 g/mol. The van der Waals surface area contributed by atoms with Crippen molar-refractivity contribution in [3.63, 3.8) is 0 Å². The smallest absolute Gasteiger partial charge is 0.335 e. The number of aromatic carboxylic acids is 1. The Bertz CT molecular complexity index is 912. The van der Waals surface area contributed by atoms with Crippen LogP contribution in [-0.2, 0) is 0 Å². The number of carboxylic acid groups (broad SMARTS) is 1. The van der Waals surface area contributed by atoms with E-state index in [0.717, 1.165) is 0 Å². The molecule has 0 aliphatic carbocycles. The molecule has 3 aromatic rings. The summed E-state index contributed by atoms with van der Waals surface area (Å²) in [6.07, 6.45) is 0. The standard InChI is InChI=1S/C16H9FO4/c17-11-3-1-2-9(6-11)15-8-13(18)12-7-10(16(19)20)4-5-14(12)21-15/h1-8H,(H,19,20). The minimum absolute atomic E-state index is 0.00769. The van der Waals surface area contributed by atoms with E-state index in [1.54, 1.807) is 6.07 Å². The molecule has 0 amide bonds. The molecule has 1 N–H and O–H groups in total. The fraction of sp³-hybridized carbons (Fsp3) is 0. The first kappa shape index (κ1) is 13.1. The molecule has 5 heteroatoms. The molecule has 0 saturated heterocycles. The van der Waals surface area contributed by atoms with Gasteiger partial charge in [-0.1, -0.05) is 12.1 Å². The van der Waals surface area contributed by atoms with Crippen LogP contribution < -0.4 is 5.43 Å². The minimum atomic E-state index is -1.12. The molecule has 1 aromatic heterocycles. The van der Waals surface area contributed by atoms with Crippen LogP contribution in [0.4, 0.5) is 4.39 Å². The molecule has 0 radical (unpaired) electrons. The fourth-order valence-corrected chi connectivity index (χ4v) is 2.07. The summed E-state index contributed by atoms with van der Waals surface area (Å²) in [6.45, 7) is 0. The van der Waals surface area contributed by atoms with Crippen LogP contribution in [0.5, 0.6) is 0 Å². The maximum atomic E-state index is 13.2. The second-order valence-corrected chi connectivity index (χ2v) is 4.50. The molecule has 0 aliphatic rings. The third-order valence-corrected chi connectivity index (χ3v) is 3.08. The SMILES string of the molecule is O=C(O)c1ccc2oc(-c3cccc(F)c3)cc(=O)c2c1. The normalized spacial score (nSPS) is 10.7. The van der Waals surface area contributed by atoms with Crippen molar-refractivity contribution in [2.24, 2.45) is 0 Å². The van der Waals surface area contributed by atoms with Crippen LogP contribution in [-0.4, -0.2) is 11.1 Å². The van der Waals surface area contributed by atoms with E-state index in [4.69, 9.17) is 9.52 Å². The van der Waals surface area contributed by atoms with Gasteiger partial charge in [0.05, 0.1) is 10.9 Å². The van der Waals surface area contributed by atoms with E-state index in [1.807, 2.05) is 0 Å². The summed E-state index contributed by atoms with van der Waals surface area (Å²) in [5.74, 6) is -1.32. The van der Waals surface area contributed by atoms with Gasteiger partial charge in [0, 0.05) is 11.6 Å². The number of fused-ring (bicyclic) bond motifs is 1. The predicted molar refractivity (Wildman–Crippen MR) is 74.8 cm³/mol. The van der Waals surface area contributed by atoms with E-state index in [1.165, 1.54) is 42.5 Å². The Hall–Kier alpha value is -2.95. The molecule has 0 unspecified atom stereocenters. The van der Waals surface area contributed by atoms with E-state index in [2.05, 4.69) is 0 Å².